The van der Waals surface area contributed by atoms with Gasteiger partial charge in [0.05, 0.1) is 25.1 Å². The highest BCUT2D eigenvalue weighted by atomic mass is 35.5. The molecule has 208 valence electrons. The van der Waals surface area contributed by atoms with Gasteiger partial charge in [0.15, 0.2) is 0 Å². The van der Waals surface area contributed by atoms with Gasteiger partial charge in [-0.15, -0.1) is 0 Å². The lowest BCUT2D eigenvalue weighted by molar-refractivity contribution is -0.125. The van der Waals surface area contributed by atoms with Crippen LogP contribution < -0.4 is 10.1 Å². The Bertz CT molecular complexity index is 1180. The first-order valence-corrected chi connectivity index (χ1v) is 13.9. The summed E-state index contributed by atoms with van der Waals surface area (Å²) < 4.78 is 6.08. The maximum Gasteiger partial charge on any atom is 0.255 e. The Morgan fingerprint density at radius 1 is 1.23 bits per heavy atom. The number of likely N-dealkylation sites (N-methyl/N-ethyl adjacent to an activating group) is 1. The summed E-state index contributed by atoms with van der Waals surface area (Å²) in [6, 6.07) is 14.6. The average molecular weight is 553 g/mol. The molecular formula is C30H37ClN4O4. The van der Waals surface area contributed by atoms with Gasteiger partial charge >= 0.3 is 0 Å². The highest BCUT2D eigenvalue weighted by molar-refractivity contribution is 6.30. The summed E-state index contributed by atoms with van der Waals surface area (Å²) in [7, 11) is 1.53. The van der Waals surface area contributed by atoms with Crippen molar-refractivity contribution in [2.45, 2.75) is 57.5 Å². The Balaban J connectivity index is 1.49. The number of hydrogen-bond acceptors (Lipinski definition) is 6. The number of halogens is 1. The molecule has 1 aliphatic heterocycles. The molecule has 2 unspecified atom stereocenters. The Hall–Kier alpha value is -3.41. The van der Waals surface area contributed by atoms with Crippen molar-refractivity contribution < 1.29 is 19.1 Å². The van der Waals surface area contributed by atoms with Crippen molar-refractivity contribution in [3.63, 3.8) is 0 Å². The Labute approximate surface area is 235 Å². The number of aldehydes is 1. The summed E-state index contributed by atoms with van der Waals surface area (Å²) >= 11 is 6.10. The van der Waals surface area contributed by atoms with Crippen molar-refractivity contribution in [1.29, 1.82) is 5.26 Å². The van der Waals surface area contributed by atoms with E-state index in [9.17, 15) is 19.6 Å². The highest BCUT2D eigenvalue weighted by Crippen LogP contribution is 2.33. The summed E-state index contributed by atoms with van der Waals surface area (Å²) in [5.74, 6) is -0.0401. The maximum absolute atomic E-state index is 13.1. The number of hydrogen-bond donors (Lipinski definition) is 1. The SMILES string of the molecule is CCN(CCCCOc1cccc2c1CN(C(CCC=O)C(=O)NC)C2=O)CCC(C#N)c1cccc(Cl)c1. The third kappa shape index (κ3) is 8.04. The zero-order chi connectivity index (χ0) is 28.2. The van der Waals surface area contributed by atoms with E-state index in [2.05, 4.69) is 23.2 Å². The molecule has 9 heteroatoms. The lowest BCUT2D eigenvalue weighted by Gasteiger charge is -2.25. The van der Waals surface area contributed by atoms with Gasteiger partial charge in [0.1, 0.15) is 18.1 Å². The summed E-state index contributed by atoms with van der Waals surface area (Å²) in [5, 5.41) is 12.9. The topological polar surface area (TPSA) is 103 Å². The van der Waals surface area contributed by atoms with E-state index in [0.29, 0.717) is 22.9 Å². The van der Waals surface area contributed by atoms with E-state index in [1.807, 2.05) is 30.3 Å². The zero-order valence-corrected chi connectivity index (χ0v) is 23.5. The smallest absolute Gasteiger partial charge is 0.255 e. The molecule has 0 aromatic heterocycles. The van der Waals surface area contributed by atoms with Gasteiger partial charge in [0, 0.05) is 29.6 Å². The molecule has 1 aliphatic rings. The fraction of sp³-hybridized carbons (Fsp3) is 0.467. The highest BCUT2D eigenvalue weighted by Gasteiger charge is 2.37. The minimum atomic E-state index is -0.701. The largest absolute Gasteiger partial charge is 0.493 e. The number of amides is 2. The second-order valence-corrected chi connectivity index (χ2v) is 10.0. The summed E-state index contributed by atoms with van der Waals surface area (Å²) in [6.07, 6.45) is 3.76. The van der Waals surface area contributed by atoms with E-state index in [1.54, 1.807) is 12.1 Å². The van der Waals surface area contributed by atoms with Gasteiger partial charge in [-0.1, -0.05) is 36.7 Å². The number of nitriles is 1. The standard InChI is InChI=1S/C30H37ClN4O4/c1-3-34(16-14-23(20-32)22-9-6-10-24(31)19-22)15-4-5-18-39-28-13-7-11-25-26(28)21-35(30(25)38)27(12-8-17-36)29(37)33-2/h6-7,9-11,13,17,19,23,27H,3-5,8,12,14-16,18,21H2,1-2H3,(H,33,37). The van der Waals surface area contributed by atoms with E-state index in [4.69, 9.17) is 16.3 Å². The molecular weight excluding hydrogens is 516 g/mol. The number of rotatable bonds is 16. The van der Waals surface area contributed by atoms with Crippen LogP contribution in [0.3, 0.4) is 0 Å². The minimum Gasteiger partial charge on any atom is -0.493 e. The molecule has 2 aromatic carbocycles. The molecule has 0 spiro atoms. The van der Waals surface area contributed by atoms with E-state index < -0.39 is 6.04 Å². The minimum absolute atomic E-state index is 0.190. The van der Waals surface area contributed by atoms with Gasteiger partial charge in [-0.2, -0.15) is 5.26 Å². The molecule has 2 amide bonds. The van der Waals surface area contributed by atoms with Crippen LogP contribution in [0.1, 0.15) is 66.4 Å². The fourth-order valence-corrected chi connectivity index (χ4v) is 5.12. The monoisotopic (exact) mass is 552 g/mol. The second kappa shape index (κ2) is 15.2. The van der Waals surface area contributed by atoms with Crippen LogP contribution in [0, 0.1) is 11.3 Å². The summed E-state index contributed by atoms with van der Waals surface area (Å²) in [5.41, 5.74) is 2.27. The first kappa shape index (κ1) is 30.1. The second-order valence-electron chi connectivity index (χ2n) is 9.60. The summed E-state index contributed by atoms with van der Waals surface area (Å²) in [4.78, 5) is 40.2. The van der Waals surface area contributed by atoms with Crippen molar-refractivity contribution in [3.8, 4) is 11.8 Å². The van der Waals surface area contributed by atoms with Gasteiger partial charge in [-0.25, -0.2) is 0 Å². The normalized spacial score (nSPS) is 14.0. The van der Waals surface area contributed by atoms with Crippen LogP contribution >= 0.6 is 11.6 Å². The predicted molar refractivity (Wildman–Crippen MR) is 151 cm³/mol. The molecule has 2 atom stereocenters. The van der Waals surface area contributed by atoms with Crippen LogP contribution in [-0.4, -0.2) is 67.2 Å². The van der Waals surface area contributed by atoms with Gasteiger partial charge in [0.2, 0.25) is 5.91 Å². The number of nitrogens with zero attached hydrogens (tertiary/aromatic N) is 3. The van der Waals surface area contributed by atoms with E-state index in [1.165, 1.54) is 11.9 Å². The molecule has 0 radical (unpaired) electrons. The molecule has 1 N–H and O–H groups in total. The number of carbonyl (C=O) groups is 3. The van der Waals surface area contributed by atoms with Crippen LogP contribution in [0.4, 0.5) is 0 Å². The van der Waals surface area contributed by atoms with Crippen molar-refractivity contribution in [3.05, 3.63) is 64.2 Å². The molecule has 1 heterocycles. The molecule has 0 saturated carbocycles. The average Bonchev–Trinajstić information content (AvgIpc) is 3.28. The van der Waals surface area contributed by atoms with Crippen molar-refractivity contribution in [2.24, 2.45) is 0 Å². The summed E-state index contributed by atoms with van der Waals surface area (Å²) in [6.45, 7) is 5.52. The van der Waals surface area contributed by atoms with Gasteiger partial charge < -0.3 is 24.6 Å². The van der Waals surface area contributed by atoms with E-state index >= 15 is 0 Å². The van der Waals surface area contributed by atoms with Crippen molar-refractivity contribution in [1.82, 2.24) is 15.1 Å². The Kier molecular flexibility index (Phi) is 11.8. The number of unbranched alkanes of at least 4 members (excludes halogenated alkanes) is 1. The van der Waals surface area contributed by atoms with Crippen molar-refractivity contribution >= 4 is 29.7 Å². The van der Waals surface area contributed by atoms with Crippen LogP contribution in [0.5, 0.6) is 5.75 Å². The van der Waals surface area contributed by atoms with Crippen LogP contribution in [0.25, 0.3) is 0 Å². The molecule has 0 saturated heterocycles. The Morgan fingerprint density at radius 2 is 2.03 bits per heavy atom. The molecule has 8 nitrogen and oxygen atoms in total. The molecule has 2 aromatic rings. The van der Waals surface area contributed by atoms with Gasteiger partial charge in [0.25, 0.3) is 5.91 Å². The van der Waals surface area contributed by atoms with E-state index in [0.717, 1.165) is 56.3 Å². The number of benzene rings is 2. The molecule has 39 heavy (non-hydrogen) atoms. The first-order chi connectivity index (χ1) is 18.9. The number of fused-ring (bicyclic) bond motifs is 1. The molecule has 0 fully saturated rings. The molecule has 0 bridgehead atoms. The molecule has 3 rings (SSSR count). The molecule has 0 aliphatic carbocycles. The zero-order valence-electron chi connectivity index (χ0n) is 22.7. The number of nitrogens with one attached hydrogen (secondary N) is 1. The van der Waals surface area contributed by atoms with Gasteiger partial charge in [-0.3, -0.25) is 9.59 Å². The van der Waals surface area contributed by atoms with Crippen LogP contribution in [0.2, 0.25) is 5.02 Å². The number of carbonyl (C=O) groups excluding carboxylic acids is 3. The quantitative estimate of drug-likeness (QED) is 0.242. The lowest BCUT2D eigenvalue weighted by atomic mass is 9.97. The van der Waals surface area contributed by atoms with Crippen LogP contribution in [0.15, 0.2) is 42.5 Å². The first-order valence-electron chi connectivity index (χ1n) is 13.5. The third-order valence-electron chi connectivity index (χ3n) is 7.15. The van der Waals surface area contributed by atoms with E-state index in [-0.39, 0.29) is 37.1 Å². The fourth-order valence-electron chi connectivity index (χ4n) is 4.92. The third-order valence-corrected chi connectivity index (χ3v) is 7.39. The van der Waals surface area contributed by atoms with Gasteiger partial charge in [-0.05, 0) is 75.1 Å². The van der Waals surface area contributed by atoms with Crippen LogP contribution in [-0.2, 0) is 16.1 Å². The number of ether oxygens (including phenoxy) is 1. The predicted octanol–water partition coefficient (Wildman–Crippen LogP) is 4.57. The van der Waals surface area contributed by atoms with Crippen molar-refractivity contribution in [2.75, 3.05) is 33.3 Å². The maximum atomic E-state index is 13.1. The Morgan fingerprint density at radius 3 is 2.72 bits per heavy atom. The lowest BCUT2D eigenvalue weighted by Crippen LogP contribution is -2.46.